The highest BCUT2D eigenvalue weighted by molar-refractivity contribution is 5.85. The Balaban J connectivity index is 1.94. The number of allylic oxidation sites excluding steroid dienone is 2. The summed E-state index contributed by atoms with van der Waals surface area (Å²) in [4.78, 5) is 5.03. The van der Waals surface area contributed by atoms with Crippen molar-refractivity contribution in [3.8, 4) is 0 Å². The number of fused-ring (bicyclic) bond motifs is 2. The highest BCUT2D eigenvalue weighted by atomic mass is 16.3. The monoisotopic (exact) mass is 379 g/mol. The average Bonchev–Trinajstić information content (AvgIpc) is 3.05. The number of hydrogen-bond donors (Lipinski definition) is 0. The molecule has 0 bridgehead atoms. The van der Waals surface area contributed by atoms with Gasteiger partial charge in [-0.3, -0.25) is 0 Å². The topological polar surface area (TPSA) is 26.0 Å². The number of rotatable bonds is 5. The van der Waals surface area contributed by atoms with Crippen LogP contribution in [-0.4, -0.2) is 4.98 Å². The highest BCUT2D eigenvalue weighted by Crippen LogP contribution is 2.55. The van der Waals surface area contributed by atoms with Crippen LogP contribution in [0.1, 0.15) is 119 Å². The third kappa shape index (κ3) is 3.23. The number of unbranched alkanes of at least 4 members (excludes halogenated alkanes) is 2. The average molecular weight is 380 g/mol. The van der Waals surface area contributed by atoms with Gasteiger partial charge in [-0.2, -0.15) is 0 Å². The molecule has 0 N–H and O–H groups in total. The third-order valence-corrected chi connectivity index (χ3v) is 7.24. The zero-order chi connectivity index (χ0) is 20.0. The lowest BCUT2D eigenvalue weighted by Gasteiger charge is -2.42. The van der Waals surface area contributed by atoms with E-state index < -0.39 is 0 Å². The molecule has 0 aliphatic heterocycles. The van der Waals surface area contributed by atoms with Crippen molar-refractivity contribution in [2.45, 2.75) is 104 Å². The number of oxazole rings is 1. The Kier molecular flexibility index (Phi) is 5.42. The Hall–Kier alpha value is -1.57. The van der Waals surface area contributed by atoms with Crippen LogP contribution in [0, 0.1) is 12.8 Å². The molecule has 0 spiro atoms. The molecule has 2 heteroatoms. The Morgan fingerprint density at radius 1 is 1.11 bits per heavy atom. The quantitative estimate of drug-likeness (QED) is 0.389. The molecule has 2 nitrogen and oxygen atoms in total. The summed E-state index contributed by atoms with van der Waals surface area (Å²) in [7, 11) is 0. The van der Waals surface area contributed by atoms with Crippen LogP contribution in [0.4, 0.5) is 0 Å². The second-order valence-electron chi connectivity index (χ2n) is 9.76. The molecular weight excluding hydrogens is 342 g/mol. The largest absolute Gasteiger partial charge is 0.440 e. The van der Waals surface area contributed by atoms with E-state index in [9.17, 15) is 0 Å². The number of benzene rings is 1. The summed E-state index contributed by atoms with van der Waals surface area (Å²) in [5.41, 5.74) is 9.80. The summed E-state index contributed by atoms with van der Waals surface area (Å²) >= 11 is 0. The van der Waals surface area contributed by atoms with Crippen LogP contribution in [0.25, 0.3) is 11.1 Å². The van der Waals surface area contributed by atoms with Gasteiger partial charge in [-0.05, 0) is 80.9 Å². The normalized spacial score (nSPS) is 26.4. The summed E-state index contributed by atoms with van der Waals surface area (Å²) in [6.07, 6.45) is 11.0. The second kappa shape index (κ2) is 7.69. The standard InChI is InChI=1S/C26H37NO/c1-7-8-9-10-21-27-25-18(6)23-19(13-15(2)3)14-17(5)20-12-11-16(4)22(24(20)23)26(25)28-21/h13,16-17,19-20H,7-12,14H2,1-6H3/t16-,17?,19+,20+/m0/s1. The fourth-order valence-electron chi connectivity index (χ4n) is 5.92. The number of aromatic nitrogens is 1. The van der Waals surface area contributed by atoms with Gasteiger partial charge in [0.25, 0.3) is 0 Å². The lowest BCUT2D eigenvalue weighted by Crippen LogP contribution is -2.28. The first-order valence-corrected chi connectivity index (χ1v) is 11.5. The molecule has 4 atom stereocenters. The Morgan fingerprint density at radius 2 is 1.89 bits per heavy atom. The lowest BCUT2D eigenvalue weighted by atomic mass is 9.62. The van der Waals surface area contributed by atoms with Gasteiger partial charge in [0.1, 0.15) is 5.52 Å². The second-order valence-corrected chi connectivity index (χ2v) is 9.76. The van der Waals surface area contributed by atoms with E-state index in [-0.39, 0.29) is 0 Å². The van der Waals surface area contributed by atoms with Crippen LogP contribution in [-0.2, 0) is 6.42 Å². The highest BCUT2D eigenvalue weighted by Gasteiger charge is 2.40. The Bertz CT molecular complexity index is 899. The van der Waals surface area contributed by atoms with Gasteiger partial charge < -0.3 is 4.42 Å². The molecule has 1 unspecified atom stereocenters. The molecule has 4 rings (SSSR count). The van der Waals surface area contributed by atoms with Crippen molar-refractivity contribution in [1.29, 1.82) is 0 Å². The van der Waals surface area contributed by atoms with Crippen LogP contribution in [0.2, 0.25) is 0 Å². The molecule has 2 aliphatic rings. The maximum absolute atomic E-state index is 6.46. The van der Waals surface area contributed by atoms with Gasteiger partial charge in [-0.25, -0.2) is 4.98 Å². The van der Waals surface area contributed by atoms with Crippen LogP contribution in [0.5, 0.6) is 0 Å². The number of hydrogen-bond acceptors (Lipinski definition) is 2. The molecule has 28 heavy (non-hydrogen) atoms. The van der Waals surface area contributed by atoms with Gasteiger partial charge in [0.15, 0.2) is 11.5 Å². The van der Waals surface area contributed by atoms with Crippen LogP contribution in [0.15, 0.2) is 16.1 Å². The predicted molar refractivity (Wildman–Crippen MR) is 118 cm³/mol. The summed E-state index contributed by atoms with van der Waals surface area (Å²) in [6, 6.07) is 0. The maximum Gasteiger partial charge on any atom is 0.195 e. The first-order valence-electron chi connectivity index (χ1n) is 11.5. The summed E-state index contributed by atoms with van der Waals surface area (Å²) in [6.45, 7) is 13.9. The van der Waals surface area contributed by atoms with Crippen molar-refractivity contribution in [3.05, 3.63) is 39.8 Å². The van der Waals surface area contributed by atoms with Gasteiger partial charge in [0.2, 0.25) is 0 Å². The van der Waals surface area contributed by atoms with Crippen molar-refractivity contribution in [2.75, 3.05) is 0 Å². The molecule has 0 fully saturated rings. The van der Waals surface area contributed by atoms with Gasteiger partial charge in [-0.15, -0.1) is 0 Å². The minimum atomic E-state index is 0.528. The minimum absolute atomic E-state index is 0.528. The zero-order valence-corrected chi connectivity index (χ0v) is 18.7. The first kappa shape index (κ1) is 19.7. The smallest absolute Gasteiger partial charge is 0.195 e. The molecule has 1 heterocycles. The van der Waals surface area contributed by atoms with E-state index in [1.807, 2.05) is 0 Å². The molecule has 1 aromatic heterocycles. The number of nitrogens with zero attached hydrogens (tertiary/aromatic N) is 1. The van der Waals surface area contributed by atoms with E-state index in [1.165, 1.54) is 55.2 Å². The summed E-state index contributed by atoms with van der Waals surface area (Å²) < 4.78 is 6.46. The zero-order valence-electron chi connectivity index (χ0n) is 18.7. The van der Waals surface area contributed by atoms with Gasteiger partial charge >= 0.3 is 0 Å². The molecular formula is C26H37NO. The van der Waals surface area contributed by atoms with Crippen LogP contribution < -0.4 is 0 Å². The van der Waals surface area contributed by atoms with Crippen molar-refractivity contribution in [2.24, 2.45) is 5.92 Å². The molecule has 2 aromatic rings. The first-order chi connectivity index (χ1) is 13.4. The van der Waals surface area contributed by atoms with E-state index in [0.29, 0.717) is 17.8 Å². The molecule has 2 aliphatic carbocycles. The Morgan fingerprint density at radius 3 is 2.61 bits per heavy atom. The van der Waals surface area contributed by atoms with E-state index in [1.54, 1.807) is 11.1 Å². The molecule has 0 radical (unpaired) electrons. The van der Waals surface area contributed by atoms with E-state index in [4.69, 9.17) is 9.40 Å². The fraction of sp³-hybridized carbons (Fsp3) is 0.654. The van der Waals surface area contributed by atoms with Gasteiger partial charge in [-0.1, -0.05) is 45.3 Å². The fourth-order valence-corrected chi connectivity index (χ4v) is 5.92. The van der Waals surface area contributed by atoms with Crippen LogP contribution >= 0.6 is 0 Å². The van der Waals surface area contributed by atoms with Crippen molar-refractivity contribution < 1.29 is 4.42 Å². The van der Waals surface area contributed by atoms with Crippen molar-refractivity contribution >= 4 is 11.1 Å². The van der Waals surface area contributed by atoms with Gasteiger partial charge in [0, 0.05) is 17.9 Å². The van der Waals surface area contributed by atoms with Crippen molar-refractivity contribution in [3.63, 3.8) is 0 Å². The van der Waals surface area contributed by atoms with Crippen molar-refractivity contribution in [1.82, 2.24) is 4.98 Å². The summed E-state index contributed by atoms with van der Waals surface area (Å²) in [5, 5.41) is 0. The molecule has 0 saturated heterocycles. The minimum Gasteiger partial charge on any atom is -0.440 e. The van der Waals surface area contributed by atoms with E-state index in [0.717, 1.165) is 29.3 Å². The summed E-state index contributed by atoms with van der Waals surface area (Å²) in [5.74, 6) is 3.48. The molecule has 0 amide bonds. The lowest BCUT2D eigenvalue weighted by molar-refractivity contribution is 0.332. The molecule has 152 valence electrons. The Labute approximate surface area is 170 Å². The molecule has 0 saturated carbocycles. The van der Waals surface area contributed by atoms with Gasteiger partial charge in [0.05, 0.1) is 0 Å². The molecule has 1 aromatic carbocycles. The van der Waals surface area contributed by atoms with E-state index in [2.05, 4.69) is 47.6 Å². The number of aryl methyl sites for hydroxylation is 2. The predicted octanol–water partition coefficient (Wildman–Crippen LogP) is 7.94. The van der Waals surface area contributed by atoms with Crippen LogP contribution in [0.3, 0.4) is 0 Å². The van der Waals surface area contributed by atoms with E-state index >= 15 is 0 Å². The third-order valence-electron chi connectivity index (χ3n) is 7.24. The maximum atomic E-state index is 6.46. The SMILES string of the molecule is CCCCCc1nc2c(C)c3c4c(c2o1)[C@@H](C)CC[C@@H]4C(C)C[C@H]3C=C(C)C.